The molecule has 0 radical (unpaired) electrons. The van der Waals surface area contributed by atoms with Crippen LogP contribution in [0.2, 0.25) is 0 Å². The van der Waals surface area contributed by atoms with Crippen LogP contribution in [-0.4, -0.2) is 87.2 Å². The molecular formula is C34H32F8N6O2S. The monoisotopic (exact) mass is 740 g/mol. The number of benzene rings is 2. The van der Waals surface area contributed by atoms with Crippen molar-refractivity contribution in [2.75, 3.05) is 37.7 Å². The van der Waals surface area contributed by atoms with Gasteiger partial charge in [-0.05, 0) is 57.5 Å². The van der Waals surface area contributed by atoms with Gasteiger partial charge in [-0.2, -0.15) is 23.1 Å². The first-order chi connectivity index (χ1) is 24.1. The fraction of sp³-hybridized carbons (Fsp3) is 0.471. The summed E-state index contributed by atoms with van der Waals surface area (Å²) in [6.45, 7) is 8.06. The Morgan fingerprint density at radius 3 is 2.59 bits per heavy atom. The molecule has 0 bridgehead atoms. The average Bonchev–Trinajstić information content (AvgIpc) is 3.77. The average molecular weight is 741 g/mol. The first kappa shape index (κ1) is 35.3. The van der Waals surface area contributed by atoms with E-state index in [4.69, 9.17) is 4.74 Å². The predicted octanol–water partition coefficient (Wildman–Crippen LogP) is 7.71. The van der Waals surface area contributed by atoms with Gasteiger partial charge >= 0.3 is 12.2 Å². The van der Waals surface area contributed by atoms with Gasteiger partial charge in [0.15, 0.2) is 10.8 Å². The maximum atomic E-state index is 17.0. The predicted molar refractivity (Wildman–Crippen MR) is 175 cm³/mol. The molecule has 0 N–H and O–H groups in total. The Morgan fingerprint density at radius 2 is 1.88 bits per heavy atom. The maximum absolute atomic E-state index is 17.0. The molecule has 0 saturated carbocycles. The number of amides is 1. The summed E-state index contributed by atoms with van der Waals surface area (Å²) in [6.07, 6.45) is -6.63. The van der Waals surface area contributed by atoms with Crippen molar-refractivity contribution in [3.05, 3.63) is 53.1 Å². The topological polar surface area (TPSA) is 74.7 Å². The maximum Gasteiger partial charge on any atom is 0.417 e. The fourth-order valence-corrected chi connectivity index (χ4v) is 8.60. The van der Waals surface area contributed by atoms with Gasteiger partial charge in [0.25, 0.3) is 6.43 Å². The van der Waals surface area contributed by atoms with Gasteiger partial charge in [-0.1, -0.05) is 6.58 Å². The molecule has 0 spiro atoms. The molecule has 0 aliphatic carbocycles. The van der Waals surface area contributed by atoms with E-state index in [-0.39, 0.29) is 67.1 Å². The number of ether oxygens (including phenoxy) is 1. The number of thiazole rings is 1. The Balaban J connectivity index is 1.44. The summed E-state index contributed by atoms with van der Waals surface area (Å²) in [7, 11) is 0. The van der Waals surface area contributed by atoms with E-state index in [1.54, 1.807) is 23.6 Å². The molecule has 3 saturated heterocycles. The molecule has 5 heterocycles. The third kappa shape index (κ3) is 6.05. The van der Waals surface area contributed by atoms with Crippen molar-refractivity contribution < 1.29 is 44.7 Å². The van der Waals surface area contributed by atoms with Crippen LogP contribution >= 0.6 is 11.3 Å². The Kier molecular flexibility index (Phi) is 8.88. The molecule has 8 nitrogen and oxygen atoms in total. The Hall–Kier alpha value is -4.12. The fourth-order valence-electron chi connectivity index (χ4n) is 7.74. The summed E-state index contributed by atoms with van der Waals surface area (Å²) in [5.74, 6) is -2.91. The zero-order valence-electron chi connectivity index (χ0n) is 27.4. The molecule has 4 aromatic rings. The molecule has 2 aromatic heterocycles. The molecule has 4 atom stereocenters. The van der Waals surface area contributed by atoms with Gasteiger partial charge in [0.1, 0.15) is 29.9 Å². The summed E-state index contributed by atoms with van der Waals surface area (Å²) in [5, 5.41) is -1.17. The van der Waals surface area contributed by atoms with Gasteiger partial charge in [0.2, 0.25) is 5.91 Å². The highest BCUT2D eigenvalue weighted by Crippen LogP contribution is 2.47. The first-order valence-corrected chi connectivity index (χ1v) is 17.1. The van der Waals surface area contributed by atoms with Crippen LogP contribution in [-0.2, 0) is 11.0 Å². The molecule has 3 fully saturated rings. The molecule has 3 aliphatic rings. The zero-order chi connectivity index (χ0) is 36.6. The Bertz CT molecular complexity index is 2040. The molecule has 1 amide bonds. The number of hydrogen-bond acceptors (Lipinski definition) is 8. The lowest BCUT2D eigenvalue weighted by molar-refractivity contribution is -0.137. The number of carbonyl (C=O) groups excluding carboxylic acids is 1. The number of hydrogen-bond donors (Lipinski definition) is 0. The van der Waals surface area contributed by atoms with Crippen molar-refractivity contribution in [1.29, 1.82) is 0 Å². The van der Waals surface area contributed by atoms with E-state index >= 15 is 4.39 Å². The van der Waals surface area contributed by atoms with Crippen molar-refractivity contribution in [1.82, 2.24) is 24.8 Å². The van der Waals surface area contributed by atoms with Crippen molar-refractivity contribution >= 4 is 44.2 Å². The van der Waals surface area contributed by atoms with Gasteiger partial charge in [-0.25, -0.2) is 26.9 Å². The lowest BCUT2D eigenvalue weighted by Crippen LogP contribution is -2.58. The highest BCUT2D eigenvalue weighted by Gasteiger charge is 2.49. The minimum Gasteiger partial charge on any atom is -0.461 e. The second-order valence-corrected chi connectivity index (χ2v) is 14.4. The summed E-state index contributed by atoms with van der Waals surface area (Å²) in [5.41, 5.74) is -4.87. The van der Waals surface area contributed by atoms with E-state index in [1.165, 1.54) is 0 Å². The van der Waals surface area contributed by atoms with Crippen LogP contribution in [0.1, 0.15) is 50.1 Å². The van der Waals surface area contributed by atoms with E-state index < -0.39 is 85.5 Å². The molecule has 3 aliphatic heterocycles. The number of anilines is 1. The number of fused-ring (bicyclic) bond motifs is 3. The molecule has 4 unspecified atom stereocenters. The van der Waals surface area contributed by atoms with Gasteiger partial charge in [0.05, 0.1) is 21.3 Å². The van der Waals surface area contributed by atoms with Crippen LogP contribution in [0.3, 0.4) is 0 Å². The zero-order valence-corrected chi connectivity index (χ0v) is 28.2. The molecule has 17 heteroatoms. The molecule has 272 valence electrons. The van der Waals surface area contributed by atoms with E-state index in [0.717, 1.165) is 24.6 Å². The molecular weight excluding hydrogens is 708 g/mol. The van der Waals surface area contributed by atoms with Crippen LogP contribution in [0, 0.1) is 11.6 Å². The summed E-state index contributed by atoms with van der Waals surface area (Å²) >= 11 is 0.260. The summed E-state index contributed by atoms with van der Waals surface area (Å²) < 4.78 is 124. The second kappa shape index (κ2) is 12.8. The summed E-state index contributed by atoms with van der Waals surface area (Å²) in [6, 6.07) is 0.968. The SMILES string of the molecule is C=CC(=O)N1CC(C)N(c2nc(OCC34CCCN3CC(F)C4)nc3c(F)c(-c4ccc(F)c5sc(C(F)F)nc45)c(C(F)(F)F)cc23)CC1C. The van der Waals surface area contributed by atoms with Crippen molar-refractivity contribution in [2.24, 2.45) is 0 Å². The van der Waals surface area contributed by atoms with Gasteiger partial charge < -0.3 is 14.5 Å². The normalized spacial score (nSPS) is 24.3. The lowest BCUT2D eigenvalue weighted by Gasteiger charge is -2.44. The minimum atomic E-state index is -5.19. The van der Waals surface area contributed by atoms with Crippen molar-refractivity contribution in [3.8, 4) is 17.1 Å². The highest BCUT2D eigenvalue weighted by molar-refractivity contribution is 7.18. The Labute approximate surface area is 290 Å². The van der Waals surface area contributed by atoms with Gasteiger partial charge in [-0.15, -0.1) is 11.3 Å². The second-order valence-electron chi connectivity index (χ2n) is 13.4. The standard InChI is InChI=1S/C34H32F8N6O2S/c1-4-23(49)47-12-17(3)48(13-16(47)2)30-20-10-21(34(40,41)42)24(19-6-7-22(36)28-27(19)43-31(51-28)29(38)39)25(37)26(20)44-32(45-30)50-15-33-8-5-9-46(33)14-18(35)11-33/h4,6-7,10,16-18,29H,1,5,8-9,11-15H2,2-3H3. The minimum absolute atomic E-state index is 0.0607. The number of alkyl halides is 6. The molecule has 51 heavy (non-hydrogen) atoms. The molecule has 2 aromatic carbocycles. The number of piperazine rings is 1. The van der Waals surface area contributed by atoms with E-state index in [0.29, 0.717) is 19.0 Å². The first-order valence-electron chi connectivity index (χ1n) is 16.3. The van der Waals surface area contributed by atoms with E-state index in [2.05, 4.69) is 21.5 Å². The molecule has 7 rings (SSSR count). The van der Waals surface area contributed by atoms with Gasteiger partial charge in [-0.3, -0.25) is 9.69 Å². The third-order valence-electron chi connectivity index (χ3n) is 10.1. The van der Waals surface area contributed by atoms with Crippen LogP contribution in [0.15, 0.2) is 30.9 Å². The number of nitrogens with zero attached hydrogens (tertiary/aromatic N) is 6. The van der Waals surface area contributed by atoms with Crippen LogP contribution in [0.4, 0.5) is 40.9 Å². The van der Waals surface area contributed by atoms with Crippen LogP contribution in [0.5, 0.6) is 6.01 Å². The number of aromatic nitrogens is 3. The number of halogens is 8. The van der Waals surface area contributed by atoms with E-state index in [1.807, 2.05) is 4.90 Å². The smallest absolute Gasteiger partial charge is 0.417 e. The highest BCUT2D eigenvalue weighted by atomic mass is 32.1. The third-order valence-corrected chi connectivity index (χ3v) is 11.2. The van der Waals surface area contributed by atoms with Gasteiger partial charge in [0, 0.05) is 54.7 Å². The van der Waals surface area contributed by atoms with Crippen LogP contribution < -0.4 is 9.64 Å². The number of carbonyl (C=O) groups is 1. The van der Waals surface area contributed by atoms with Crippen molar-refractivity contribution in [3.63, 3.8) is 0 Å². The quantitative estimate of drug-likeness (QED) is 0.142. The van der Waals surface area contributed by atoms with Crippen LogP contribution in [0.25, 0.3) is 32.2 Å². The summed E-state index contributed by atoms with van der Waals surface area (Å²) in [4.78, 5) is 30.2. The Morgan fingerprint density at radius 1 is 1.12 bits per heavy atom. The largest absolute Gasteiger partial charge is 0.461 e. The van der Waals surface area contributed by atoms with E-state index in [9.17, 15) is 35.5 Å². The lowest BCUT2D eigenvalue weighted by atomic mass is 9.94. The number of rotatable bonds is 7. The van der Waals surface area contributed by atoms with Crippen molar-refractivity contribution in [2.45, 2.75) is 69.5 Å².